The topological polar surface area (TPSA) is 149 Å². The van der Waals surface area contributed by atoms with Gasteiger partial charge in [-0.1, -0.05) is 148 Å². The van der Waals surface area contributed by atoms with E-state index in [0.29, 0.717) is 12.8 Å². The van der Waals surface area contributed by atoms with E-state index in [9.17, 15) is 30.3 Å². The average molecular weight is 686 g/mol. The van der Waals surface area contributed by atoms with Crippen molar-refractivity contribution in [3.63, 3.8) is 0 Å². The molecule has 1 saturated heterocycles. The summed E-state index contributed by atoms with van der Waals surface area (Å²) < 4.78 is 11.2. The maximum Gasteiger partial charge on any atom is 0.220 e. The third-order valence-electron chi connectivity index (χ3n) is 9.62. The smallest absolute Gasteiger partial charge is 0.220 e. The highest BCUT2D eigenvalue weighted by Crippen LogP contribution is 2.23. The van der Waals surface area contributed by atoms with Crippen LogP contribution in [0.25, 0.3) is 0 Å². The van der Waals surface area contributed by atoms with Gasteiger partial charge in [-0.3, -0.25) is 4.79 Å². The largest absolute Gasteiger partial charge is 0.394 e. The normalized spacial score (nSPS) is 22.7. The Hall–Kier alpha value is -1.07. The van der Waals surface area contributed by atoms with Crippen LogP contribution in [0.1, 0.15) is 174 Å². The van der Waals surface area contributed by atoms with Crippen molar-refractivity contribution in [3.8, 4) is 0 Å². The minimum absolute atomic E-state index is 0.140. The van der Waals surface area contributed by atoms with E-state index in [1.165, 1.54) is 89.9 Å². The fourth-order valence-corrected chi connectivity index (χ4v) is 6.32. The van der Waals surface area contributed by atoms with Crippen LogP contribution in [-0.4, -0.2) is 87.5 Å². The number of hydrogen-bond acceptors (Lipinski definition) is 8. The minimum Gasteiger partial charge on any atom is -0.394 e. The van der Waals surface area contributed by atoms with E-state index in [0.717, 1.165) is 57.8 Å². The number of nitrogens with one attached hydrogen (secondary N) is 1. The monoisotopic (exact) mass is 686 g/mol. The lowest BCUT2D eigenvalue weighted by molar-refractivity contribution is -0.302. The number of carbonyl (C=O) groups excluding carboxylic acids is 1. The zero-order chi connectivity index (χ0) is 35.2. The first kappa shape index (κ1) is 45.0. The third kappa shape index (κ3) is 21.9. The highest BCUT2D eigenvalue weighted by atomic mass is 16.7. The van der Waals surface area contributed by atoms with E-state index >= 15 is 0 Å². The number of aliphatic hydroxyl groups excluding tert-OH is 5. The fourth-order valence-electron chi connectivity index (χ4n) is 6.32. The van der Waals surface area contributed by atoms with Crippen LogP contribution in [0.15, 0.2) is 12.2 Å². The Morgan fingerprint density at radius 2 is 1.19 bits per heavy atom. The molecule has 0 bridgehead atoms. The summed E-state index contributed by atoms with van der Waals surface area (Å²) in [6, 6.07) is -0.718. The van der Waals surface area contributed by atoms with Gasteiger partial charge in [-0.05, 0) is 32.1 Å². The highest BCUT2D eigenvalue weighted by molar-refractivity contribution is 5.76. The Balaban J connectivity index is 2.40. The first-order chi connectivity index (χ1) is 23.3. The molecule has 0 radical (unpaired) electrons. The van der Waals surface area contributed by atoms with E-state index in [4.69, 9.17) is 9.47 Å². The van der Waals surface area contributed by atoms with Gasteiger partial charge in [0.2, 0.25) is 5.91 Å². The first-order valence-corrected chi connectivity index (χ1v) is 19.9. The van der Waals surface area contributed by atoms with Crippen molar-refractivity contribution in [1.29, 1.82) is 0 Å². The lowest BCUT2D eigenvalue weighted by Crippen LogP contribution is -2.60. The molecule has 0 saturated carbocycles. The van der Waals surface area contributed by atoms with E-state index in [1.807, 2.05) is 0 Å². The Morgan fingerprint density at radius 1 is 0.688 bits per heavy atom. The lowest BCUT2D eigenvalue weighted by Gasteiger charge is -2.40. The van der Waals surface area contributed by atoms with E-state index in [2.05, 4.69) is 31.3 Å². The number of allylic oxidation sites excluding steroid dienone is 2. The second kappa shape index (κ2) is 30.7. The summed E-state index contributed by atoms with van der Waals surface area (Å²) in [7, 11) is 0. The van der Waals surface area contributed by atoms with Gasteiger partial charge in [-0.2, -0.15) is 0 Å². The molecule has 9 nitrogen and oxygen atoms in total. The van der Waals surface area contributed by atoms with Gasteiger partial charge in [0.25, 0.3) is 0 Å². The summed E-state index contributed by atoms with van der Waals surface area (Å²) in [5, 5.41) is 54.0. The minimum atomic E-state index is -1.55. The molecule has 284 valence electrons. The van der Waals surface area contributed by atoms with Crippen molar-refractivity contribution in [2.24, 2.45) is 0 Å². The molecule has 6 N–H and O–H groups in total. The van der Waals surface area contributed by atoms with Crippen molar-refractivity contribution in [3.05, 3.63) is 12.2 Å². The average Bonchev–Trinajstić information content (AvgIpc) is 3.08. The molecular formula is C39H75NO8. The molecule has 1 fully saturated rings. The van der Waals surface area contributed by atoms with Crippen molar-refractivity contribution in [1.82, 2.24) is 5.32 Å². The first-order valence-electron chi connectivity index (χ1n) is 19.9. The van der Waals surface area contributed by atoms with Crippen LogP contribution < -0.4 is 5.32 Å². The van der Waals surface area contributed by atoms with Crippen LogP contribution >= 0.6 is 0 Å². The molecule has 48 heavy (non-hydrogen) atoms. The molecule has 0 aromatic rings. The molecule has 1 aliphatic rings. The Labute approximate surface area is 293 Å². The molecular weight excluding hydrogens is 610 g/mol. The Morgan fingerprint density at radius 3 is 1.75 bits per heavy atom. The van der Waals surface area contributed by atoms with Gasteiger partial charge in [0, 0.05) is 6.42 Å². The van der Waals surface area contributed by atoms with E-state index in [1.54, 1.807) is 0 Å². The molecule has 1 amide bonds. The van der Waals surface area contributed by atoms with Gasteiger partial charge in [0.1, 0.15) is 24.4 Å². The van der Waals surface area contributed by atoms with Gasteiger partial charge >= 0.3 is 0 Å². The number of aliphatic hydroxyl groups is 5. The summed E-state index contributed by atoms with van der Waals surface area (Å²) in [4.78, 5) is 12.8. The molecule has 7 atom stereocenters. The quantitative estimate of drug-likeness (QED) is 0.0328. The van der Waals surface area contributed by atoms with Crippen LogP contribution in [0.4, 0.5) is 0 Å². The summed E-state index contributed by atoms with van der Waals surface area (Å²) in [6.45, 7) is 3.76. The zero-order valence-corrected chi connectivity index (χ0v) is 30.7. The molecule has 0 aromatic carbocycles. The third-order valence-corrected chi connectivity index (χ3v) is 9.62. The number of rotatable bonds is 32. The molecule has 1 aliphatic heterocycles. The van der Waals surface area contributed by atoms with E-state index < -0.39 is 49.5 Å². The van der Waals surface area contributed by atoms with Crippen LogP contribution in [0.2, 0.25) is 0 Å². The van der Waals surface area contributed by atoms with Gasteiger partial charge in [0.15, 0.2) is 6.29 Å². The number of amides is 1. The fraction of sp³-hybridized carbons (Fsp3) is 0.923. The molecule has 9 heteroatoms. The second-order valence-electron chi connectivity index (χ2n) is 14.1. The highest BCUT2D eigenvalue weighted by Gasteiger charge is 2.44. The molecule has 0 spiro atoms. The summed E-state index contributed by atoms with van der Waals surface area (Å²) >= 11 is 0. The van der Waals surface area contributed by atoms with Gasteiger partial charge in [-0.15, -0.1) is 0 Å². The van der Waals surface area contributed by atoms with E-state index in [-0.39, 0.29) is 12.5 Å². The number of hydrogen-bond donors (Lipinski definition) is 6. The predicted molar refractivity (Wildman–Crippen MR) is 194 cm³/mol. The Bertz CT molecular complexity index is 766. The predicted octanol–water partition coefficient (Wildman–Crippen LogP) is 7.00. The van der Waals surface area contributed by atoms with Crippen molar-refractivity contribution in [2.75, 3.05) is 13.2 Å². The molecule has 1 heterocycles. The maximum absolute atomic E-state index is 12.8. The molecule has 1 rings (SSSR count). The summed E-state index contributed by atoms with van der Waals surface area (Å²) in [6.07, 6.45) is 25.1. The van der Waals surface area contributed by atoms with Crippen LogP contribution in [0.3, 0.4) is 0 Å². The van der Waals surface area contributed by atoms with Gasteiger partial charge < -0.3 is 40.3 Å². The molecule has 0 aromatic heterocycles. The van der Waals surface area contributed by atoms with Gasteiger partial charge in [-0.25, -0.2) is 0 Å². The zero-order valence-electron chi connectivity index (χ0n) is 30.7. The number of carbonyl (C=O) groups is 1. The summed E-state index contributed by atoms with van der Waals surface area (Å²) in [5.74, 6) is -0.160. The SMILES string of the molecule is CCCC/C=C\CCCCCCC(=O)NC(COC1OC(CO)C(O)C(O)C1O)C(O)CCCCCCCCCCCCCCCCC. The maximum atomic E-state index is 12.8. The Kier molecular flexibility index (Phi) is 28.8. The number of unbranched alkanes of at least 4 members (excludes halogenated alkanes) is 20. The van der Waals surface area contributed by atoms with Crippen LogP contribution in [-0.2, 0) is 14.3 Å². The molecule has 0 aliphatic carbocycles. The van der Waals surface area contributed by atoms with Crippen molar-refractivity contribution in [2.45, 2.75) is 217 Å². The van der Waals surface area contributed by atoms with Crippen LogP contribution in [0.5, 0.6) is 0 Å². The lowest BCUT2D eigenvalue weighted by atomic mass is 9.99. The number of ether oxygens (including phenoxy) is 2. The summed E-state index contributed by atoms with van der Waals surface area (Å²) in [5.41, 5.74) is 0. The van der Waals surface area contributed by atoms with Crippen molar-refractivity contribution < 1.29 is 39.8 Å². The standard InChI is InChI=1S/C39H75NO8/c1-3-5-7-9-11-13-15-16-17-18-19-20-22-24-26-28-33(42)32(31-47-39-38(46)37(45)36(44)34(30-41)48-39)40-35(43)29-27-25-23-21-14-12-10-8-6-4-2/h10,12,32-34,36-39,41-42,44-46H,3-9,11,13-31H2,1-2H3,(H,40,43)/b12-10-. The van der Waals surface area contributed by atoms with Crippen LogP contribution in [0, 0.1) is 0 Å². The molecule has 7 unspecified atom stereocenters. The second-order valence-corrected chi connectivity index (χ2v) is 14.1. The van der Waals surface area contributed by atoms with Crippen molar-refractivity contribution >= 4 is 5.91 Å². The van der Waals surface area contributed by atoms with Gasteiger partial charge in [0.05, 0.1) is 25.4 Å².